The maximum absolute atomic E-state index is 12.6. The first-order chi connectivity index (χ1) is 11.8. The molecule has 2 aromatic rings. The molecule has 0 radical (unpaired) electrons. The number of anilines is 2. The lowest BCUT2D eigenvalue weighted by Crippen LogP contribution is -2.31. The summed E-state index contributed by atoms with van der Waals surface area (Å²) in [6.45, 7) is 6.60. The van der Waals surface area contributed by atoms with Crippen LogP contribution in [0.1, 0.15) is 48.5 Å². The zero-order chi connectivity index (χ0) is 18.6. The number of rotatable bonds is 6. The number of nitrogens with one attached hydrogen (secondary N) is 1. The monoisotopic (exact) mass is 344 g/mol. The Morgan fingerprint density at radius 3 is 2.60 bits per heavy atom. The van der Waals surface area contributed by atoms with E-state index < -0.39 is 17.3 Å². The number of aromatic nitrogens is 3. The summed E-state index contributed by atoms with van der Waals surface area (Å²) in [7, 11) is 0. The first kappa shape index (κ1) is 18.3. The summed E-state index contributed by atoms with van der Waals surface area (Å²) in [5.74, 6) is -1.22. The summed E-state index contributed by atoms with van der Waals surface area (Å²) in [6, 6.07) is 3.38. The van der Waals surface area contributed by atoms with Crippen molar-refractivity contribution in [1.29, 1.82) is 0 Å². The Morgan fingerprint density at radius 1 is 1.36 bits per heavy atom. The van der Waals surface area contributed by atoms with E-state index in [9.17, 15) is 14.4 Å². The second-order valence-corrected chi connectivity index (χ2v) is 5.60. The van der Waals surface area contributed by atoms with Gasteiger partial charge in [-0.25, -0.2) is 9.48 Å². The van der Waals surface area contributed by atoms with Gasteiger partial charge in [0.2, 0.25) is 0 Å². The van der Waals surface area contributed by atoms with Crippen LogP contribution in [-0.2, 0) is 11.3 Å². The third-order valence-corrected chi connectivity index (χ3v) is 3.27. The van der Waals surface area contributed by atoms with Gasteiger partial charge in [0.1, 0.15) is 5.69 Å². The highest BCUT2D eigenvalue weighted by Gasteiger charge is 2.26. The van der Waals surface area contributed by atoms with Crippen LogP contribution in [0.5, 0.6) is 0 Å². The predicted molar refractivity (Wildman–Crippen MR) is 92.2 cm³/mol. The topological polar surface area (TPSA) is 103 Å². The van der Waals surface area contributed by atoms with Crippen LogP contribution >= 0.6 is 0 Å². The largest absolute Gasteiger partial charge is 0.458 e. The molecular formula is C17H20N4O4. The van der Waals surface area contributed by atoms with E-state index in [4.69, 9.17) is 4.74 Å². The molecule has 0 atom stereocenters. The minimum absolute atomic E-state index is 0.0203. The molecular weight excluding hydrogens is 324 g/mol. The van der Waals surface area contributed by atoms with Crippen molar-refractivity contribution in [2.45, 2.75) is 40.3 Å². The van der Waals surface area contributed by atoms with Crippen LogP contribution in [0, 0.1) is 0 Å². The van der Waals surface area contributed by atoms with Crippen LogP contribution in [0.4, 0.5) is 11.4 Å². The van der Waals surface area contributed by atoms with Gasteiger partial charge in [0.15, 0.2) is 11.5 Å². The van der Waals surface area contributed by atoms with Crippen molar-refractivity contribution in [1.82, 2.24) is 14.8 Å². The predicted octanol–water partition coefficient (Wildman–Crippen LogP) is 2.17. The van der Waals surface area contributed by atoms with Crippen LogP contribution in [0.15, 0.2) is 29.3 Å². The van der Waals surface area contributed by atoms with E-state index in [0.29, 0.717) is 5.69 Å². The van der Waals surface area contributed by atoms with Gasteiger partial charge in [-0.15, -0.1) is 0 Å². The lowest BCUT2D eigenvalue weighted by Gasteiger charge is -2.16. The number of ketones is 1. The van der Waals surface area contributed by atoms with Crippen LogP contribution < -0.4 is 10.9 Å². The number of carbonyl (C=O) groups is 2. The quantitative estimate of drug-likeness (QED) is 0.632. The van der Waals surface area contributed by atoms with Gasteiger partial charge in [0.25, 0.3) is 5.56 Å². The summed E-state index contributed by atoms with van der Waals surface area (Å²) in [4.78, 5) is 41.1. The van der Waals surface area contributed by atoms with Gasteiger partial charge < -0.3 is 10.1 Å². The highest BCUT2D eigenvalue weighted by atomic mass is 16.5. The van der Waals surface area contributed by atoms with E-state index >= 15 is 0 Å². The minimum atomic E-state index is -0.753. The summed E-state index contributed by atoms with van der Waals surface area (Å²) < 4.78 is 6.28. The van der Waals surface area contributed by atoms with Gasteiger partial charge in [-0.3, -0.25) is 14.6 Å². The molecule has 0 aromatic carbocycles. The van der Waals surface area contributed by atoms with E-state index in [1.165, 1.54) is 13.1 Å². The maximum Gasteiger partial charge on any atom is 0.359 e. The molecule has 0 saturated carbocycles. The summed E-state index contributed by atoms with van der Waals surface area (Å²) >= 11 is 0. The first-order valence-electron chi connectivity index (χ1n) is 7.89. The average molecular weight is 344 g/mol. The summed E-state index contributed by atoms with van der Waals surface area (Å²) in [5.41, 5.74) is -0.289. The van der Waals surface area contributed by atoms with Crippen LogP contribution in [0.2, 0.25) is 0 Å². The Morgan fingerprint density at radius 2 is 2.08 bits per heavy atom. The smallest absolute Gasteiger partial charge is 0.359 e. The van der Waals surface area contributed by atoms with Gasteiger partial charge >= 0.3 is 5.97 Å². The number of aryl methyl sites for hydroxylation is 1. The minimum Gasteiger partial charge on any atom is -0.458 e. The molecule has 0 fully saturated rings. The Hall–Kier alpha value is -3.03. The number of pyridine rings is 1. The van der Waals surface area contributed by atoms with Crippen molar-refractivity contribution in [3.05, 3.63) is 46.1 Å². The van der Waals surface area contributed by atoms with E-state index in [-0.39, 0.29) is 29.6 Å². The summed E-state index contributed by atoms with van der Waals surface area (Å²) in [5, 5.41) is 6.90. The molecule has 132 valence electrons. The molecule has 8 heteroatoms. The van der Waals surface area contributed by atoms with Gasteiger partial charge in [-0.1, -0.05) is 0 Å². The van der Waals surface area contributed by atoms with Crippen LogP contribution in [0.25, 0.3) is 0 Å². The van der Waals surface area contributed by atoms with Crippen molar-refractivity contribution < 1.29 is 14.3 Å². The van der Waals surface area contributed by atoms with E-state index in [1.54, 1.807) is 39.1 Å². The number of hydrogen-bond donors (Lipinski definition) is 1. The number of carbonyl (C=O) groups excluding carboxylic acids is 2. The average Bonchev–Trinajstić information content (AvgIpc) is 2.56. The van der Waals surface area contributed by atoms with Crippen molar-refractivity contribution in [2.24, 2.45) is 0 Å². The molecule has 1 N–H and O–H groups in total. The van der Waals surface area contributed by atoms with Crippen molar-refractivity contribution in [3.63, 3.8) is 0 Å². The Kier molecular flexibility index (Phi) is 5.63. The van der Waals surface area contributed by atoms with E-state index in [0.717, 1.165) is 4.68 Å². The number of nitrogens with zero attached hydrogens (tertiary/aromatic N) is 3. The molecule has 8 nitrogen and oxygen atoms in total. The SMILES string of the molecule is CCn1nc(C(=O)OC(C)C)c(C(C)=O)c(Nc2cccnc2)c1=O. The molecule has 2 rings (SSSR count). The Labute approximate surface area is 144 Å². The molecule has 0 aliphatic rings. The molecule has 2 heterocycles. The maximum atomic E-state index is 12.6. The highest BCUT2D eigenvalue weighted by molar-refractivity contribution is 6.08. The molecule has 0 bridgehead atoms. The number of ether oxygens (including phenoxy) is 1. The third kappa shape index (κ3) is 4.09. The standard InChI is InChI=1S/C17H20N4O4/c1-5-21-16(23)14(19-12-7-6-8-18-9-12)13(11(4)22)15(20-21)17(24)25-10(2)3/h6-10,19H,5H2,1-4H3. The van der Waals surface area contributed by atoms with E-state index in [1.807, 2.05) is 0 Å². The number of esters is 1. The molecule has 0 aliphatic heterocycles. The van der Waals surface area contributed by atoms with E-state index in [2.05, 4.69) is 15.4 Å². The number of Topliss-reactive ketones (excluding diaryl/α,β-unsaturated/α-hetero) is 1. The van der Waals surface area contributed by atoms with Crippen LogP contribution in [0.3, 0.4) is 0 Å². The zero-order valence-electron chi connectivity index (χ0n) is 14.6. The van der Waals surface area contributed by atoms with Gasteiger partial charge in [-0.2, -0.15) is 5.10 Å². The van der Waals surface area contributed by atoms with Crippen molar-refractivity contribution >= 4 is 23.1 Å². The zero-order valence-corrected chi connectivity index (χ0v) is 14.6. The normalized spacial score (nSPS) is 10.6. The first-order valence-corrected chi connectivity index (χ1v) is 7.89. The summed E-state index contributed by atoms with van der Waals surface area (Å²) in [6.07, 6.45) is 2.71. The molecule has 0 spiro atoms. The van der Waals surface area contributed by atoms with Crippen LogP contribution in [-0.4, -0.2) is 32.6 Å². The number of hydrogen-bond acceptors (Lipinski definition) is 7. The highest BCUT2D eigenvalue weighted by Crippen LogP contribution is 2.20. The van der Waals surface area contributed by atoms with Gasteiger partial charge in [-0.05, 0) is 39.8 Å². The molecule has 0 aliphatic carbocycles. The Bertz CT molecular complexity index is 844. The lowest BCUT2D eigenvalue weighted by molar-refractivity contribution is 0.0365. The fraction of sp³-hybridized carbons (Fsp3) is 0.353. The second-order valence-electron chi connectivity index (χ2n) is 5.60. The third-order valence-electron chi connectivity index (χ3n) is 3.27. The molecule has 25 heavy (non-hydrogen) atoms. The van der Waals surface area contributed by atoms with Gasteiger partial charge in [0, 0.05) is 12.7 Å². The Balaban J connectivity index is 2.68. The fourth-order valence-electron chi connectivity index (χ4n) is 2.24. The molecule has 2 aromatic heterocycles. The lowest BCUT2D eigenvalue weighted by atomic mass is 10.1. The van der Waals surface area contributed by atoms with Gasteiger partial charge in [0.05, 0.1) is 23.6 Å². The van der Waals surface area contributed by atoms with Crippen molar-refractivity contribution in [2.75, 3.05) is 5.32 Å². The second kappa shape index (κ2) is 7.69. The molecule has 0 amide bonds. The molecule has 0 saturated heterocycles. The fourth-order valence-corrected chi connectivity index (χ4v) is 2.24. The van der Waals surface area contributed by atoms with Crippen molar-refractivity contribution in [3.8, 4) is 0 Å². The molecule has 0 unspecified atom stereocenters.